The lowest BCUT2D eigenvalue weighted by Crippen LogP contribution is -2.37. The number of rotatable bonds is 3. The van der Waals surface area contributed by atoms with E-state index >= 15 is 0 Å². The normalized spacial score (nSPS) is 17.8. The summed E-state index contributed by atoms with van der Waals surface area (Å²) in [6.07, 6.45) is 0.607. The number of benzene rings is 1. The molecule has 2 heterocycles. The third kappa shape index (κ3) is 2.79. The molecule has 1 aromatic heterocycles. The van der Waals surface area contributed by atoms with Crippen molar-refractivity contribution >= 4 is 11.6 Å². The number of hydrogen-bond donors (Lipinski definition) is 1. The van der Waals surface area contributed by atoms with Gasteiger partial charge >= 0.3 is 0 Å². The number of anilines is 1. The largest absolute Gasteiger partial charge is 0.365 e. The predicted octanol–water partition coefficient (Wildman–Crippen LogP) is 2.27. The predicted molar refractivity (Wildman–Crippen MR) is 75.7 cm³/mol. The van der Waals surface area contributed by atoms with Gasteiger partial charge in [-0.25, -0.2) is 8.78 Å². The van der Waals surface area contributed by atoms with Crippen LogP contribution in [-0.4, -0.2) is 30.2 Å². The van der Waals surface area contributed by atoms with Crippen molar-refractivity contribution in [2.45, 2.75) is 19.4 Å². The quantitative estimate of drug-likeness (QED) is 0.945. The minimum atomic E-state index is -0.598. The first-order chi connectivity index (χ1) is 10.5. The number of aromatic nitrogens is 1. The van der Waals surface area contributed by atoms with E-state index in [-0.39, 0.29) is 23.3 Å². The number of nitrogens with zero attached hydrogens (tertiary/aromatic N) is 2. The van der Waals surface area contributed by atoms with Gasteiger partial charge in [0.25, 0.3) is 5.91 Å². The van der Waals surface area contributed by atoms with Gasteiger partial charge in [0.2, 0.25) is 0 Å². The number of carbonyl (C=O) groups excluding carboxylic acids is 1. The molecule has 0 radical (unpaired) electrons. The second-order valence-electron chi connectivity index (χ2n) is 5.30. The Labute approximate surface area is 125 Å². The molecule has 0 aliphatic carbocycles. The van der Waals surface area contributed by atoms with E-state index in [1.807, 2.05) is 0 Å². The maximum absolute atomic E-state index is 13.8. The molecule has 2 aromatic rings. The van der Waals surface area contributed by atoms with Crippen LogP contribution >= 0.6 is 0 Å². The number of halogens is 2. The Kier molecular flexibility index (Phi) is 3.79. The van der Waals surface area contributed by atoms with Crippen LogP contribution in [-0.2, 0) is 0 Å². The van der Waals surface area contributed by atoms with Gasteiger partial charge in [0.05, 0.1) is 0 Å². The van der Waals surface area contributed by atoms with Crippen molar-refractivity contribution in [3.05, 3.63) is 47.4 Å². The summed E-state index contributed by atoms with van der Waals surface area (Å²) >= 11 is 0. The van der Waals surface area contributed by atoms with Gasteiger partial charge in [-0.1, -0.05) is 11.2 Å². The van der Waals surface area contributed by atoms with Crippen molar-refractivity contribution in [3.8, 4) is 0 Å². The summed E-state index contributed by atoms with van der Waals surface area (Å²) in [7, 11) is 0. The molecule has 5 nitrogen and oxygen atoms in total. The summed E-state index contributed by atoms with van der Waals surface area (Å²) in [4.78, 5) is 13.6. The van der Waals surface area contributed by atoms with Crippen LogP contribution in [0.1, 0.15) is 22.7 Å². The minimum Gasteiger partial charge on any atom is -0.365 e. The van der Waals surface area contributed by atoms with E-state index in [2.05, 4.69) is 10.5 Å². The number of hydrogen-bond acceptors (Lipinski definition) is 4. The highest BCUT2D eigenvalue weighted by molar-refractivity contribution is 5.92. The first-order valence-corrected chi connectivity index (χ1v) is 6.97. The van der Waals surface area contributed by atoms with Gasteiger partial charge in [-0.15, -0.1) is 0 Å². The fourth-order valence-corrected chi connectivity index (χ4v) is 2.61. The fraction of sp³-hybridized carbons (Fsp3) is 0.333. The van der Waals surface area contributed by atoms with Crippen LogP contribution in [0, 0.1) is 18.6 Å². The summed E-state index contributed by atoms with van der Waals surface area (Å²) in [5, 5.41) is 6.44. The van der Waals surface area contributed by atoms with Gasteiger partial charge in [0, 0.05) is 25.2 Å². The van der Waals surface area contributed by atoms with Crippen LogP contribution in [0.3, 0.4) is 0 Å². The lowest BCUT2D eigenvalue weighted by atomic mass is 10.2. The molecule has 7 heteroatoms. The fourth-order valence-electron chi connectivity index (χ4n) is 2.61. The number of nitrogens with one attached hydrogen (secondary N) is 1. The van der Waals surface area contributed by atoms with Crippen LogP contribution in [0.2, 0.25) is 0 Å². The molecule has 0 bridgehead atoms. The van der Waals surface area contributed by atoms with Crippen molar-refractivity contribution in [1.29, 1.82) is 0 Å². The molecule has 1 saturated heterocycles. The highest BCUT2D eigenvalue weighted by Gasteiger charge is 2.28. The summed E-state index contributed by atoms with van der Waals surface area (Å²) in [6, 6.07) is 5.13. The van der Waals surface area contributed by atoms with Gasteiger partial charge < -0.3 is 14.7 Å². The van der Waals surface area contributed by atoms with Gasteiger partial charge in [0.1, 0.15) is 23.1 Å². The lowest BCUT2D eigenvalue weighted by Gasteiger charge is -2.20. The highest BCUT2D eigenvalue weighted by atomic mass is 19.1. The standard InChI is InChI=1S/C15H15F2N3O2/c1-9-7-13(19-22-9)15(21)18-10-5-6-20(8-10)14-11(16)3-2-4-12(14)17/h2-4,7,10H,5-6,8H2,1H3,(H,18,21)/t10-/m0/s1. The summed E-state index contributed by atoms with van der Waals surface area (Å²) < 4.78 is 32.4. The second-order valence-corrected chi connectivity index (χ2v) is 5.30. The monoisotopic (exact) mass is 307 g/mol. The molecule has 1 atom stereocenters. The molecule has 1 aliphatic heterocycles. The second kappa shape index (κ2) is 5.75. The van der Waals surface area contributed by atoms with E-state index in [9.17, 15) is 13.6 Å². The number of para-hydroxylation sites is 1. The van der Waals surface area contributed by atoms with Crippen molar-refractivity contribution in [3.63, 3.8) is 0 Å². The maximum Gasteiger partial charge on any atom is 0.273 e. The van der Waals surface area contributed by atoms with E-state index in [1.54, 1.807) is 17.9 Å². The van der Waals surface area contributed by atoms with E-state index in [4.69, 9.17) is 4.52 Å². The number of aryl methyl sites for hydroxylation is 1. The molecule has 1 fully saturated rings. The Morgan fingerprint density at radius 2 is 2.14 bits per heavy atom. The zero-order valence-electron chi connectivity index (χ0n) is 12.0. The Morgan fingerprint density at radius 3 is 2.77 bits per heavy atom. The van der Waals surface area contributed by atoms with E-state index in [0.717, 1.165) is 0 Å². The molecule has 22 heavy (non-hydrogen) atoms. The van der Waals surface area contributed by atoms with Crippen molar-refractivity contribution in [2.75, 3.05) is 18.0 Å². The minimum absolute atomic E-state index is 0.0449. The van der Waals surface area contributed by atoms with Gasteiger partial charge in [-0.3, -0.25) is 4.79 Å². The van der Waals surface area contributed by atoms with Crippen LogP contribution < -0.4 is 10.2 Å². The maximum atomic E-state index is 13.8. The smallest absolute Gasteiger partial charge is 0.273 e. The Bertz CT molecular complexity index is 682. The molecule has 3 rings (SSSR count). The van der Waals surface area contributed by atoms with Crippen LogP contribution in [0.4, 0.5) is 14.5 Å². The number of amides is 1. The third-order valence-corrected chi connectivity index (χ3v) is 3.64. The van der Waals surface area contributed by atoms with Crippen LogP contribution in [0.25, 0.3) is 0 Å². The van der Waals surface area contributed by atoms with Crippen molar-refractivity contribution < 1.29 is 18.1 Å². The molecule has 0 unspecified atom stereocenters. The van der Waals surface area contributed by atoms with Crippen molar-refractivity contribution in [2.24, 2.45) is 0 Å². The molecule has 1 aliphatic rings. The van der Waals surface area contributed by atoms with E-state index in [1.165, 1.54) is 18.2 Å². The van der Waals surface area contributed by atoms with Crippen molar-refractivity contribution in [1.82, 2.24) is 10.5 Å². The SMILES string of the molecule is Cc1cc(C(=O)N[C@H]2CCN(c3c(F)cccc3F)C2)no1. The average molecular weight is 307 g/mol. The lowest BCUT2D eigenvalue weighted by molar-refractivity contribution is 0.0931. The Morgan fingerprint density at radius 1 is 1.41 bits per heavy atom. The third-order valence-electron chi connectivity index (χ3n) is 3.64. The van der Waals surface area contributed by atoms with Crippen LogP contribution in [0.15, 0.2) is 28.8 Å². The van der Waals surface area contributed by atoms with E-state index < -0.39 is 11.6 Å². The summed E-state index contributed by atoms with van der Waals surface area (Å²) in [5.41, 5.74) is 0.157. The van der Waals surface area contributed by atoms with Gasteiger partial charge in [0.15, 0.2) is 5.69 Å². The number of carbonyl (C=O) groups is 1. The molecule has 0 spiro atoms. The van der Waals surface area contributed by atoms with Crippen LogP contribution in [0.5, 0.6) is 0 Å². The first kappa shape index (κ1) is 14.5. The summed E-state index contributed by atoms with van der Waals surface area (Å²) in [5.74, 6) is -0.998. The Hall–Kier alpha value is -2.44. The molecule has 1 N–H and O–H groups in total. The molecule has 0 saturated carbocycles. The molecule has 1 amide bonds. The zero-order valence-corrected chi connectivity index (χ0v) is 12.0. The van der Waals surface area contributed by atoms with E-state index in [0.29, 0.717) is 25.3 Å². The van der Waals surface area contributed by atoms with Gasteiger partial charge in [-0.05, 0) is 25.5 Å². The average Bonchev–Trinajstić information content (AvgIpc) is 3.08. The topological polar surface area (TPSA) is 58.4 Å². The molecule has 116 valence electrons. The first-order valence-electron chi connectivity index (χ1n) is 6.97. The molecule has 1 aromatic carbocycles. The molecular weight excluding hydrogens is 292 g/mol. The molecular formula is C15H15F2N3O2. The Balaban J connectivity index is 1.66. The van der Waals surface area contributed by atoms with Gasteiger partial charge in [-0.2, -0.15) is 0 Å². The zero-order chi connectivity index (χ0) is 15.7. The highest BCUT2D eigenvalue weighted by Crippen LogP contribution is 2.26. The summed E-state index contributed by atoms with van der Waals surface area (Å²) in [6.45, 7) is 2.52.